The molecule has 3 rings (SSSR count). The van der Waals surface area contributed by atoms with E-state index in [0.29, 0.717) is 24.2 Å². The minimum absolute atomic E-state index is 0.0122. The molecule has 2 aromatic rings. The van der Waals surface area contributed by atoms with Crippen LogP contribution < -0.4 is 10.6 Å². The van der Waals surface area contributed by atoms with Crippen molar-refractivity contribution in [1.29, 1.82) is 0 Å². The molecule has 1 aliphatic rings. The third-order valence-electron chi connectivity index (χ3n) is 4.98. The van der Waals surface area contributed by atoms with Gasteiger partial charge in [0.25, 0.3) is 5.91 Å². The second kappa shape index (κ2) is 7.82. The van der Waals surface area contributed by atoms with E-state index in [1.165, 1.54) is 6.20 Å². The zero-order valence-electron chi connectivity index (χ0n) is 15.2. The molecule has 8 nitrogen and oxygen atoms in total. The van der Waals surface area contributed by atoms with E-state index in [4.69, 9.17) is 4.74 Å². The summed E-state index contributed by atoms with van der Waals surface area (Å²) in [5, 5.41) is 10.0. The molecule has 0 bridgehead atoms. The fraction of sp³-hybridized carbons (Fsp3) is 0.556. The van der Waals surface area contributed by atoms with E-state index in [9.17, 15) is 9.59 Å². The second-order valence-electron chi connectivity index (χ2n) is 6.97. The lowest BCUT2D eigenvalue weighted by atomic mass is 9.86. The predicted molar refractivity (Wildman–Crippen MR) is 95.7 cm³/mol. The van der Waals surface area contributed by atoms with E-state index < -0.39 is 5.41 Å². The highest BCUT2D eigenvalue weighted by atomic mass is 16.5. The molecule has 26 heavy (non-hydrogen) atoms. The molecule has 2 heterocycles. The first-order chi connectivity index (χ1) is 12.6. The Morgan fingerprint density at radius 1 is 1.35 bits per heavy atom. The van der Waals surface area contributed by atoms with Gasteiger partial charge in [-0.15, -0.1) is 0 Å². The Labute approximate surface area is 152 Å². The van der Waals surface area contributed by atoms with Gasteiger partial charge in [-0.25, -0.2) is 4.52 Å². The normalized spacial score (nSPS) is 17.2. The number of hydrogen-bond acceptors (Lipinski definition) is 5. The van der Waals surface area contributed by atoms with Crippen LogP contribution in [0.4, 0.5) is 0 Å². The fourth-order valence-electron chi connectivity index (χ4n) is 3.56. The quantitative estimate of drug-likeness (QED) is 0.773. The van der Waals surface area contributed by atoms with Gasteiger partial charge in [0.05, 0.1) is 35.5 Å². The number of hydrogen-bond donors (Lipinski definition) is 2. The molecule has 0 unspecified atom stereocenters. The number of aromatic nitrogens is 3. The van der Waals surface area contributed by atoms with Crippen LogP contribution in [0.3, 0.4) is 0 Å². The lowest BCUT2D eigenvalue weighted by molar-refractivity contribution is -0.133. The van der Waals surface area contributed by atoms with E-state index in [1.807, 2.05) is 6.92 Å². The number of nitrogens with zero attached hydrogens (tertiary/aromatic N) is 3. The maximum atomic E-state index is 12.6. The molecule has 140 valence electrons. The van der Waals surface area contributed by atoms with Crippen LogP contribution in [-0.4, -0.2) is 52.7 Å². The summed E-state index contributed by atoms with van der Waals surface area (Å²) >= 11 is 0. The molecule has 1 aliphatic carbocycles. The minimum Gasteiger partial charge on any atom is -0.384 e. The summed E-state index contributed by atoms with van der Waals surface area (Å²) < 4.78 is 6.87. The summed E-state index contributed by atoms with van der Waals surface area (Å²) in [6, 6.07) is -0.209. The standard InChI is InChI=1S/C18H25N5O3/c1-13(9-20-17(25)18(12-26-2)5-3-4-6-18)22-16(24)14-10-21-23-8-7-19-11-15(14)23/h7-8,10-11,13H,3-6,9,12H2,1-2H3,(H,20,25)(H,22,24)/t13-/m0/s1. The van der Waals surface area contributed by atoms with Crippen LogP contribution in [0.1, 0.15) is 43.0 Å². The monoisotopic (exact) mass is 359 g/mol. The molecule has 1 saturated carbocycles. The maximum absolute atomic E-state index is 12.6. The lowest BCUT2D eigenvalue weighted by Gasteiger charge is -2.27. The first-order valence-electron chi connectivity index (χ1n) is 8.91. The second-order valence-corrected chi connectivity index (χ2v) is 6.97. The van der Waals surface area contributed by atoms with Crippen LogP contribution >= 0.6 is 0 Å². The number of methoxy groups -OCH3 is 1. The molecule has 2 amide bonds. The molecular formula is C18H25N5O3. The van der Waals surface area contributed by atoms with Gasteiger partial charge in [-0.3, -0.25) is 14.6 Å². The molecule has 8 heteroatoms. The SMILES string of the molecule is COCC1(C(=O)NC[C@H](C)NC(=O)c2cnn3ccncc23)CCCC1. The van der Waals surface area contributed by atoms with E-state index in [1.54, 1.807) is 30.2 Å². The lowest BCUT2D eigenvalue weighted by Crippen LogP contribution is -2.47. The van der Waals surface area contributed by atoms with E-state index in [0.717, 1.165) is 25.7 Å². The summed E-state index contributed by atoms with van der Waals surface area (Å²) in [6.45, 7) is 2.67. The summed E-state index contributed by atoms with van der Waals surface area (Å²) in [4.78, 5) is 29.1. The molecule has 2 aromatic heterocycles. The number of carbonyl (C=O) groups is 2. The number of fused-ring (bicyclic) bond motifs is 1. The maximum Gasteiger partial charge on any atom is 0.255 e. The average Bonchev–Trinajstić information content (AvgIpc) is 3.27. The van der Waals surface area contributed by atoms with Crippen molar-refractivity contribution in [2.45, 2.75) is 38.6 Å². The van der Waals surface area contributed by atoms with Gasteiger partial charge in [-0.2, -0.15) is 5.10 Å². The minimum atomic E-state index is -0.424. The third-order valence-corrected chi connectivity index (χ3v) is 4.98. The topological polar surface area (TPSA) is 97.6 Å². The number of ether oxygens (including phenoxy) is 1. The Hall–Kier alpha value is -2.48. The van der Waals surface area contributed by atoms with Crippen LogP contribution in [0.15, 0.2) is 24.8 Å². The molecule has 0 spiro atoms. The molecular weight excluding hydrogens is 334 g/mol. The van der Waals surface area contributed by atoms with Gasteiger partial charge in [0.2, 0.25) is 5.91 Å². The van der Waals surface area contributed by atoms with Crippen molar-refractivity contribution in [3.05, 3.63) is 30.4 Å². The highest BCUT2D eigenvalue weighted by Crippen LogP contribution is 2.38. The largest absolute Gasteiger partial charge is 0.384 e. The molecule has 1 fully saturated rings. The number of rotatable bonds is 7. The van der Waals surface area contributed by atoms with Crippen molar-refractivity contribution < 1.29 is 14.3 Å². The molecule has 0 aliphatic heterocycles. The van der Waals surface area contributed by atoms with Crippen molar-refractivity contribution in [1.82, 2.24) is 25.2 Å². The van der Waals surface area contributed by atoms with Gasteiger partial charge in [-0.1, -0.05) is 12.8 Å². The first kappa shape index (κ1) is 18.3. The van der Waals surface area contributed by atoms with E-state index in [-0.39, 0.29) is 17.9 Å². The van der Waals surface area contributed by atoms with Crippen LogP contribution in [0.25, 0.3) is 5.52 Å². The Morgan fingerprint density at radius 2 is 2.12 bits per heavy atom. The fourth-order valence-corrected chi connectivity index (χ4v) is 3.56. The summed E-state index contributed by atoms with van der Waals surface area (Å²) in [7, 11) is 1.63. The van der Waals surface area contributed by atoms with Crippen molar-refractivity contribution in [3.63, 3.8) is 0 Å². The van der Waals surface area contributed by atoms with Crippen molar-refractivity contribution in [2.75, 3.05) is 20.3 Å². The molecule has 1 atom stereocenters. The predicted octanol–water partition coefficient (Wildman–Crippen LogP) is 1.17. The van der Waals surface area contributed by atoms with Gasteiger partial charge in [0.1, 0.15) is 0 Å². The average molecular weight is 359 g/mol. The Balaban J connectivity index is 1.56. The zero-order valence-corrected chi connectivity index (χ0v) is 15.2. The molecule has 0 radical (unpaired) electrons. The summed E-state index contributed by atoms with van der Waals surface area (Å²) in [5.41, 5.74) is 0.682. The number of amides is 2. The summed E-state index contributed by atoms with van der Waals surface area (Å²) in [5.74, 6) is -0.222. The first-order valence-corrected chi connectivity index (χ1v) is 8.91. The molecule has 2 N–H and O–H groups in total. The Morgan fingerprint density at radius 3 is 2.85 bits per heavy atom. The zero-order chi connectivity index (χ0) is 18.6. The van der Waals surface area contributed by atoms with Crippen LogP contribution in [-0.2, 0) is 9.53 Å². The Bertz CT molecular complexity index is 782. The summed E-state index contributed by atoms with van der Waals surface area (Å²) in [6.07, 6.45) is 10.2. The number of carbonyl (C=O) groups excluding carboxylic acids is 2. The smallest absolute Gasteiger partial charge is 0.255 e. The third kappa shape index (κ3) is 3.70. The number of nitrogens with one attached hydrogen (secondary N) is 2. The highest BCUT2D eigenvalue weighted by Gasteiger charge is 2.41. The van der Waals surface area contributed by atoms with Gasteiger partial charge < -0.3 is 15.4 Å². The molecule has 0 aromatic carbocycles. The van der Waals surface area contributed by atoms with Crippen LogP contribution in [0, 0.1) is 5.41 Å². The molecule has 0 saturated heterocycles. The highest BCUT2D eigenvalue weighted by molar-refractivity contribution is 6.00. The van der Waals surface area contributed by atoms with Gasteiger partial charge in [0.15, 0.2) is 0 Å². The van der Waals surface area contributed by atoms with Gasteiger partial charge >= 0.3 is 0 Å². The Kier molecular flexibility index (Phi) is 5.51. The van der Waals surface area contributed by atoms with E-state index >= 15 is 0 Å². The van der Waals surface area contributed by atoms with Crippen LogP contribution in [0.2, 0.25) is 0 Å². The van der Waals surface area contributed by atoms with E-state index in [2.05, 4.69) is 20.7 Å². The van der Waals surface area contributed by atoms with Gasteiger partial charge in [0, 0.05) is 32.1 Å². The van der Waals surface area contributed by atoms with Gasteiger partial charge in [-0.05, 0) is 19.8 Å². The van der Waals surface area contributed by atoms with Crippen molar-refractivity contribution in [2.24, 2.45) is 5.41 Å². The van der Waals surface area contributed by atoms with Crippen molar-refractivity contribution >= 4 is 17.3 Å². The van der Waals surface area contributed by atoms with Crippen molar-refractivity contribution in [3.8, 4) is 0 Å². The van der Waals surface area contributed by atoms with Crippen LogP contribution in [0.5, 0.6) is 0 Å².